The summed E-state index contributed by atoms with van der Waals surface area (Å²) in [6.45, 7) is 2.94. The molecule has 4 rings (SSSR count). The van der Waals surface area contributed by atoms with Gasteiger partial charge in [0.1, 0.15) is 0 Å². The van der Waals surface area contributed by atoms with Gasteiger partial charge in [0.15, 0.2) is 0 Å². The molecular formula is C28H29Cl2NO3. The van der Waals surface area contributed by atoms with E-state index >= 15 is 0 Å². The first-order valence-electron chi connectivity index (χ1n) is 11.3. The van der Waals surface area contributed by atoms with Gasteiger partial charge < -0.3 is 10.0 Å². The molecule has 1 unspecified atom stereocenters. The van der Waals surface area contributed by atoms with E-state index in [1.54, 1.807) is 19.1 Å². The van der Waals surface area contributed by atoms with Crippen LogP contribution in [0, 0.1) is 0 Å². The number of halogens is 2. The molecule has 1 heterocycles. The Labute approximate surface area is 212 Å². The SMILES string of the molecule is CC(CC(=O)N1CCC(c2ccccc2)CC1)(C(=O)O)c1ccc(-c2ccccc2Cl)cc1.Cl. The summed E-state index contributed by atoms with van der Waals surface area (Å²) in [5.74, 6) is -0.666. The van der Waals surface area contributed by atoms with Gasteiger partial charge in [-0.1, -0.05) is 84.4 Å². The minimum atomic E-state index is -1.30. The predicted octanol–water partition coefficient (Wildman–Crippen LogP) is 6.57. The zero-order chi connectivity index (χ0) is 23.4. The van der Waals surface area contributed by atoms with E-state index in [4.69, 9.17) is 11.6 Å². The topological polar surface area (TPSA) is 57.6 Å². The summed E-state index contributed by atoms with van der Waals surface area (Å²) >= 11 is 6.30. The van der Waals surface area contributed by atoms with Gasteiger partial charge in [0.2, 0.25) is 5.91 Å². The monoisotopic (exact) mass is 497 g/mol. The van der Waals surface area contributed by atoms with Crippen LogP contribution in [-0.4, -0.2) is 35.0 Å². The van der Waals surface area contributed by atoms with Crippen LogP contribution in [0.25, 0.3) is 11.1 Å². The van der Waals surface area contributed by atoms with Crippen molar-refractivity contribution in [3.63, 3.8) is 0 Å². The summed E-state index contributed by atoms with van der Waals surface area (Å²) in [7, 11) is 0. The van der Waals surface area contributed by atoms with Crippen LogP contribution in [0.1, 0.15) is 43.2 Å². The molecule has 1 saturated heterocycles. The largest absolute Gasteiger partial charge is 0.481 e. The van der Waals surface area contributed by atoms with Crippen LogP contribution in [-0.2, 0) is 15.0 Å². The second-order valence-corrected chi connectivity index (χ2v) is 9.34. The van der Waals surface area contributed by atoms with Gasteiger partial charge in [-0.2, -0.15) is 0 Å². The van der Waals surface area contributed by atoms with E-state index in [1.807, 2.05) is 59.5 Å². The van der Waals surface area contributed by atoms with Crippen LogP contribution >= 0.6 is 24.0 Å². The second kappa shape index (κ2) is 11.1. The van der Waals surface area contributed by atoms with Crippen molar-refractivity contribution in [3.05, 3.63) is 95.0 Å². The molecule has 178 valence electrons. The average Bonchev–Trinajstić information content (AvgIpc) is 2.85. The van der Waals surface area contributed by atoms with Gasteiger partial charge in [-0.15, -0.1) is 12.4 Å². The number of rotatable bonds is 6. The number of carbonyl (C=O) groups excluding carboxylic acids is 1. The quantitative estimate of drug-likeness (QED) is 0.418. The minimum absolute atomic E-state index is 0. The maximum atomic E-state index is 13.1. The van der Waals surface area contributed by atoms with Gasteiger partial charge in [0, 0.05) is 30.1 Å². The summed E-state index contributed by atoms with van der Waals surface area (Å²) in [4.78, 5) is 27.2. The number of carbonyl (C=O) groups is 2. The number of likely N-dealkylation sites (tertiary alicyclic amines) is 1. The maximum Gasteiger partial charge on any atom is 0.314 e. The fraction of sp³-hybridized carbons (Fsp3) is 0.286. The first-order chi connectivity index (χ1) is 15.9. The van der Waals surface area contributed by atoms with Crippen LogP contribution in [0.4, 0.5) is 0 Å². The number of amides is 1. The molecule has 0 radical (unpaired) electrons. The maximum absolute atomic E-state index is 13.1. The molecule has 34 heavy (non-hydrogen) atoms. The third-order valence-corrected chi connectivity index (χ3v) is 7.13. The predicted molar refractivity (Wildman–Crippen MR) is 139 cm³/mol. The van der Waals surface area contributed by atoms with E-state index in [-0.39, 0.29) is 24.7 Å². The van der Waals surface area contributed by atoms with Gasteiger partial charge in [0.25, 0.3) is 0 Å². The lowest BCUT2D eigenvalue weighted by Crippen LogP contribution is -2.43. The van der Waals surface area contributed by atoms with Gasteiger partial charge in [0.05, 0.1) is 5.41 Å². The van der Waals surface area contributed by atoms with E-state index in [2.05, 4.69) is 12.1 Å². The van der Waals surface area contributed by atoms with Crippen molar-refractivity contribution in [2.45, 2.75) is 37.5 Å². The number of hydrogen-bond acceptors (Lipinski definition) is 2. The number of carboxylic acid groups (broad SMARTS) is 1. The Morgan fingerprint density at radius 2 is 1.53 bits per heavy atom. The Kier molecular flexibility index (Phi) is 8.40. The summed E-state index contributed by atoms with van der Waals surface area (Å²) in [5, 5.41) is 10.7. The molecule has 0 bridgehead atoms. The standard InChI is InChI=1S/C28H28ClNO3.ClH/c1-28(27(32)33,23-13-11-22(12-14-23)24-9-5-6-10-25(24)29)19-26(31)30-17-15-21(16-18-30)20-7-3-2-4-8-20;/h2-14,21H,15-19H2,1H3,(H,32,33);1H. The summed E-state index contributed by atoms with van der Waals surface area (Å²) in [6.07, 6.45) is 1.72. The Balaban J connectivity index is 0.00000324. The number of benzene rings is 3. The Bertz CT molecular complexity index is 1130. The molecule has 3 aromatic carbocycles. The molecule has 0 aromatic heterocycles. The molecule has 1 atom stereocenters. The lowest BCUT2D eigenvalue weighted by atomic mass is 9.78. The Morgan fingerprint density at radius 1 is 0.941 bits per heavy atom. The lowest BCUT2D eigenvalue weighted by Gasteiger charge is -2.34. The lowest BCUT2D eigenvalue weighted by molar-refractivity contribution is -0.147. The van der Waals surface area contributed by atoms with Crippen LogP contribution < -0.4 is 0 Å². The summed E-state index contributed by atoms with van der Waals surface area (Å²) in [5.41, 5.74) is 2.41. The molecule has 1 aliphatic rings. The second-order valence-electron chi connectivity index (χ2n) is 8.94. The Morgan fingerprint density at radius 3 is 2.12 bits per heavy atom. The average molecular weight is 498 g/mol. The van der Waals surface area contributed by atoms with E-state index < -0.39 is 11.4 Å². The van der Waals surface area contributed by atoms with E-state index in [1.165, 1.54) is 5.56 Å². The van der Waals surface area contributed by atoms with E-state index in [0.717, 1.165) is 24.0 Å². The van der Waals surface area contributed by atoms with E-state index in [0.29, 0.717) is 29.6 Å². The molecule has 1 amide bonds. The highest BCUT2D eigenvalue weighted by molar-refractivity contribution is 6.33. The van der Waals surface area contributed by atoms with Crippen molar-refractivity contribution in [2.24, 2.45) is 0 Å². The van der Waals surface area contributed by atoms with Crippen molar-refractivity contribution >= 4 is 35.9 Å². The zero-order valence-electron chi connectivity index (χ0n) is 19.1. The fourth-order valence-corrected chi connectivity index (χ4v) is 4.86. The molecular weight excluding hydrogens is 469 g/mol. The number of hydrogen-bond donors (Lipinski definition) is 1. The molecule has 1 aliphatic heterocycles. The van der Waals surface area contributed by atoms with Crippen LogP contribution in [0.5, 0.6) is 0 Å². The first kappa shape index (κ1) is 25.8. The van der Waals surface area contributed by atoms with Crippen LogP contribution in [0.3, 0.4) is 0 Å². The van der Waals surface area contributed by atoms with Crippen molar-refractivity contribution in [1.29, 1.82) is 0 Å². The first-order valence-corrected chi connectivity index (χ1v) is 11.7. The number of piperidine rings is 1. The zero-order valence-corrected chi connectivity index (χ0v) is 20.7. The number of aliphatic carboxylic acids is 1. The Hall–Kier alpha value is -2.82. The van der Waals surface area contributed by atoms with Crippen LogP contribution in [0.2, 0.25) is 5.02 Å². The smallest absolute Gasteiger partial charge is 0.314 e. The fourth-order valence-electron chi connectivity index (χ4n) is 4.62. The molecule has 0 aliphatic carbocycles. The summed E-state index contributed by atoms with van der Waals surface area (Å²) < 4.78 is 0. The molecule has 0 saturated carbocycles. The molecule has 1 fully saturated rings. The highest BCUT2D eigenvalue weighted by atomic mass is 35.5. The van der Waals surface area contributed by atoms with Gasteiger partial charge >= 0.3 is 5.97 Å². The van der Waals surface area contributed by atoms with Gasteiger partial charge in [-0.3, -0.25) is 9.59 Å². The number of carboxylic acids is 1. The van der Waals surface area contributed by atoms with Crippen molar-refractivity contribution in [2.75, 3.05) is 13.1 Å². The molecule has 1 N–H and O–H groups in total. The van der Waals surface area contributed by atoms with Gasteiger partial charge in [-0.05, 0) is 48.4 Å². The molecule has 3 aromatic rings. The minimum Gasteiger partial charge on any atom is -0.481 e. The highest BCUT2D eigenvalue weighted by Gasteiger charge is 2.39. The third-order valence-electron chi connectivity index (χ3n) is 6.80. The van der Waals surface area contributed by atoms with Crippen molar-refractivity contribution in [3.8, 4) is 11.1 Å². The highest BCUT2D eigenvalue weighted by Crippen LogP contribution is 2.34. The molecule has 6 heteroatoms. The van der Waals surface area contributed by atoms with Gasteiger partial charge in [-0.25, -0.2) is 0 Å². The molecule has 4 nitrogen and oxygen atoms in total. The van der Waals surface area contributed by atoms with Crippen molar-refractivity contribution < 1.29 is 14.7 Å². The molecule has 0 spiro atoms. The summed E-state index contributed by atoms with van der Waals surface area (Å²) in [6, 6.07) is 25.2. The van der Waals surface area contributed by atoms with E-state index in [9.17, 15) is 14.7 Å². The van der Waals surface area contributed by atoms with Crippen molar-refractivity contribution in [1.82, 2.24) is 4.90 Å². The van der Waals surface area contributed by atoms with Crippen LogP contribution in [0.15, 0.2) is 78.9 Å². The normalized spacial score (nSPS) is 15.8. The number of nitrogens with zero attached hydrogens (tertiary/aromatic N) is 1. The third kappa shape index (κ3) is 5.45.